The van der Waals surface area contributed by atoms with Gasteiger partial charge in [-0.3, -0.25) is 4.79 Å². The van der Waals surface area contributed by atoms with Gasteiger partial charge in [-0.15, -0.1) is 23.7 Å². The van der Waals surface area contributed by atoms with Crippen molar-refractivity contribution in [2.24, 2.45) is 11.1 Å². The molecule has 1 saturated carbocycles. The number of hydrogen-bond acceptors (Lipinski definition) is 4. The van der Waals surface area contributed by atoms with Gasteiger partial charge in [0.25, 0.3) is 5.91 Å². The van der Waals surface area contributed by atoms with Crippen LogP contribution in [0.1, 0.15) is 60.4 Å². The van der Waals surface area contributed by atoms with Gasteiger partial charge in [-0.25, -0.2) is 4.98 Å². The monoisotopic (exact) mass is 343 g/mol. The normalized spacial score (nSPS) is 20.7. The van der Waals surface area contributed by atoms with Crippen LogP contribution in [0.3, 0.4) is 0 Å². The Morgan fingerprint density at radius 2 is 2.00 bits per heavy atom. The molecule has 3 rings (SSSR count). The molecule has 4 nitrogen and oxygen atoms in total. The van der Waals surface area contributed by atoms with Crippen molar-refractivity contribution < 1.29 is 4.79 Å². The molecule has 1 saturated heterocycles. The number of carbonyl (C=O) groups excluding carboxylic acids is 1. The lowest BCUT2D eigenvalue weighted by molar-refractivity contribution is 0.0380. The Morgan fingerprint density at radius 3 is 2.73 bits per heavy atom. The fraction of sp³-hybridized carbons (Fsp3) is 0.750. The number of aromatic nitrogens is 1. The number of amides is 1. The molecule has 1 spiro atoms. The van der Waals surface area contributed by atoms with E-state index in [1.807, 2.05) is 5.38 Å². The van der Waals surface area contributed by atoms with E-state index in [-0.39, 0.29) is 18.3 Å². The fourth-order valence-corrected chi connectivity index (χ4v) is 4.69. The first-order chi connectivity index (χ1) is 10.2. The van der Waals surface area contributed by atoms with Crippen LogP contribution in [0.4, 0.5) is 0 Å². The second-order valence-electron chi connectivity index (χ2n) is 6.56. The number of halogens is 1. The Bertz CT molecular complexity index is 494. The highest BCUT2D eigenvalue weighted by atomic mass is 35.5. The summed E-state index contributed by atoms with van der Waals surface area (Å²) in [5, 5.41) is 2.88. The van der Waals surface area contributed by atoms with Crippen molar-refractivity contribution in [2.75, 3.05) is 19.6 Å². The zero-order valence-corrected chi connectivity index (χ0v) is 14.7. The van der Waals surface area contributed by atoms with Crippen molar-refractivity contribution in [1.29, 1.82) is 0 Å². The predicted molar refractivity (Wildman–Crippen MR) is 92.8 cm³/mol. The highest BCUT2D eigenvalue weighted by Gasteiger charge is 2.38. The molecule has 2 heterocycles. The van der Waals surface area contributed by atoms with E-state index < -0.39 is 0 Å². The second kappa shape index (κ2) is 7.75. The average Bonchev–Trinajstić information content (AvgIpc) is 2.96. The SMILES string of the molecule is Cl.NCCc1nc(C(=O)N2CCCC3(CCCCC3)C2)cs1. The fourth-order valence-electron chi connectivity index (χ4n) is 3.90. The molecule has 1 aromatic heterocycles. The maximum atomic E-state index is 12.7. The summed E-state index contributed by atoms with van der Waals surface area (Å²) in [7, 11) is 0. The van der Waals surface area contributed by atoms with Gasteiger partial charge >= 0.3 is 0 Å². The van der Waals surface area contributed by atoms with Gasteiger partial charge in [-0.1, -0.05) is 19.3 Å². The van der Waals surface area contributed by atoms with Crippen molar-refractivity contribution in [3.8, 4) is 0 Å². The van der Waals surface area contributed by atoms with Gasteiger partial charge in [0.15, 0.2) is 0 Å². The van der Waals surface area contributed by atoms with Crippen LogP contribution in [0.25, 0.3) is 0 Å². The van der Waals surface area contributed by atoms with Gasteiger partial charge < -0.3 is 10.6 Å². The van der Waals surface area contributed by atoms with Crippen LogP contribution in [-0.4, -0.2) is 35.4 Å². The largest absolute Gasteiger partial charge is 0.337 e. The lowest BCUT2D eigenvalue weighted by Gasteiger charge is -2.45. The third kappa shape index (κ3) is 3.81. The van der Waals surface area contributed by atoms with E-state index in [1.165, 1.54) is 38.5 Å². The maximum absolute atomic E-state index is 12.7. The summed E-state index contributed by atoms with van der Waals surface area (Å²) < 4.78 is 0. The number of rotatable bonds is 3. The number of thiazole rings is 1. The quantitative estimate of drug-likeness (QED) is 0.916. The van der Waals surface area contributed by atoms with Gasteiger partial charge in [-0.2, -0.15) is 0 Å². The van der Waals surface area contributed by atoms with E-state index in [0.29, 0.717) is 17.7 Å². The van der Waals surface area contributed by atoms with Crippen molar-refractivity contribution in [3.05, 3.63) is 16.1 Å². The van der Waals surface area contributed by atoms with Crippen LogP contribution in [0, 0.1) is 5.41 Å². The molecule has 124 valence electrons. The van der Waals surface area contributed by atoms with E-state index in [9.17, 15) is 4.79 Å². The first-order valence-corrected chi connectivity index (χ1v) is 9.04. The van der Waals surface area contributed by atoms with E-state index in [2.05, 4.69) is 9.88 Å². The van der Waals surface area contributed by atoms with Crippen molar-refractivity contribution >= 4 is 29.7 Å². The summed E-state index contributed by atoms with van der Waals surface area (Å²) in [6.07, 6.45) is 9.83. The van der Waals surface area contributed by atoms with Crippen LogP contribution >= 0.6 is 23.7 Å². The average molecular weight is 344 g/mol. The number of likely N-dealkylation sites (tertiary alicyclic amines) is 1. The van der Waals surface area contributed by atoms with Gasteiger partial charge in [0.1, 0.15) is 5.69 Å². The van der Waals surface area contributed by atoms with E-state index in [0.717, 1.165) is 30.9 Å². The molecule has 1 aliphatic heterocycles. The number of nitrogens with two attached hydrogens (primary N) is 1. The van der Waals surface area contributed by atoms with Crippen molar-refractivity contribution in [1.82, 2.24) is 9.88 Å². The Labute approximate surface area is 142 Å². The minimum absolute atomic E-state index is 0. The first kappa shape index (κ1) is 17.7. The third-order valence-electron chi connectivity index (χ3n) is 4.99. The highest BCUT2D eigenvalue weighted by molar-refractivity contribution is 7.09. The van der Waals surface area contributed by atoms with Crippen molar-refractivity contribution in [2.45, 2.75) is 51.4 Å². The molecule has 1 aromatic rings. The molecule has 0 aromatic carbocycles. The number of piperidine rings is 1. The molecular weight excluding hydrogens is 318 g/mol. The van der Waals surface area contributed by atoms with Gasteiger partial charge in [-0.05, 0) is 37.6 Å². The summed E-state index contributed by atoms with van der Waals surface area (Å²) in [6.45, 7) is 2.42. The van der Waals surface area contributed by atoms with Crippen LogP contribution in [0.15, 0.2) is 5.38 Å². The number of hydrogen-bond donors (Lipinski definition) is 1. The Balaban J connectivity index is 0.00000176. The standard InChI is InChI=1S/C16H25N3OS.ClH/c17-9-5-14-18-13(11-21-14)15(20)19-10-4-8-16(12-19)6-2-1-3-7-16;/h11H,1-10,12,17H2;1H. The smallest absolute Gasteiger partial charge is 0.273 e. The third-order valence-corrected chi connectivity index (χ3v) is 5.90. The predicted octanol–water partition coefficient (Wildman–Crippen LogP) is 3.25. The maximum Gasteiger partial charge on any atom is 0.273 e. The van der Waals surface area contributed by atoms with Gasteiger partial charge in [0.05, 0.1) is 5.01 Å². The topological polar surface area (TPSA) is 59.2 Å². The summed E-state index contributed by atoms with van der Waals surface area (Å²) in [6, 6.07) is 0. The lowest BCUT2D eigenvalue weighted by Crippen LogP contribution is -2.47. The number of nitrogens with zero attached hydrogens (tertiary/aromatic N) is 2. The van der Waals surface area contributed by atoms with E-state index in [4.69, 9.17) is 5.73 Å². The molecule has 1 aliphatic carbocycles. The zero-order chi connectivity index (χ0) is 14.7. The van der Waals surface area contributed by atoms with Gasteiger partial charge in [0, 0.05) is 24.9 Å². The van der Waals surface area contributed by atoms with Crippen LogP contribution in [0.2, 0.25) is 0 Å². The molecule has 22 heavy (non-hydrogen) atoms. The Hall–Kier alpha value is -0.650. The highest BCUT2D eigenvalue weighted by Crippen LogP contribution is 2.43. The number of carbonyl (C=O) groups is 1. The Kier molecular flexibility index (Phi) is 6.24. The molecule has 0 bridgehead atoms. The molecule has 2 aliphatic rings. The van der Waals surface area contributed by atoms with Crippen LogP contribution < -0.4 is 5.73 Å². The molecule has 2 fully saturated rings. The summed E-state index contributed by atoms with van der Waals surface area (Å²) >= 11 is 1.55. The first-order valence-electron chi connectivity index (χ1n) is 8.16. The molecule has 0 unspecified atom stereocenters. The van der Waals surface area contributed by atoms with E-state index >= 15 is 0 Å². The molecule has 6 heteroatoms. The minimum atomic E-state index is 0. The Morgan fingerprint density at radius 1 is 1.27 bits per heavy atom. The molecular formula is C16H26ClN3OS. The summed E-state index contributed by atoms with van der Waals surface area (Å²) in [4.78, 5) is 19.2. The molecule has 0 atom stereocenters. The summed E-state index contributed by atoms with van der Waals surface area (Å²) in [5.41, 5.74) is 6.58. The lowest BCUT2D eigenvalue weighted by atomic mass is 9.69. The van der Waals surface area contributed by atoms with E-state index in [1.54, 1.807) is 11.3 Å². The van der Waals surface area contributed by atoms with Crippen LogP contribution in [0.5, 0.6) is 0 Å². The molecule has 2 N–H and O–H groups in total. The molecule has 1 amide bonds. The summed E-state index contributed by atoms with van der Waals surface area (Å²) in [5.74, 6) is 0.124. The second-order valence-corrected chi connectivity index (χ2v) is 7.50. The minimum Gasteiger partial charge on any atom is -0.337 e. The van der Waals surface area contributed by atoms with Crippen molar-refractivity contribution in [3.63, 3.8) is 0 Å². The van der Waals surface area contributed by atoms with Gasteiger partial charge in [0.2, 0.25) is 0 Å². The van der Waals surface area contributed by atoms with Crippen LogP contribution in [-0.2, 0) is 6.42 Å². The zero-order valence-electron chi connectivity index (χ0n) is 13.1. The molecule has 0 radical (unpaired) electrons.